The van der Waals surface area contributed by atoms with Gasteiger partial charge in [-0.25, -0.2) is 4.39 Å². The molecule has 4 nitrogen and oxygen atoms in total. The van der Waals surface area contributed by atoms with E-state index in [4.69, 9.17) is 0 Å². The molecule has 0 bridgehead atoms. The molecule has 0 saturated carbocycles. The van der Waals surface area contributed by atoms with Crippen molar-refractivity contribution >= 4 is 28.5 Å². The van der Waals surface area contributed by atoms with E-state index in [0.717, 1.165) is 11.1 Å². The summed E-state index contributed by atoms with van der Waals surface area (Å²) in [4.78, 5) is 12.0. The maximum Gasteiger partial charge on any atom is 0.239 e. The molecule has 3 rings (SSSR count). The number of benzene rings is 2. The van der Waals surface area contributed by atoms with Crippen LogP contribution in [0.1, 0.15) is 18.1 Å². The molecule has 122 valence electrons. The second-order valence-corrected chi connectivity index (χ2v) is 6.57. The fourth-order valence-corrected chi connectivity index (χ4v) is 3.24. The first-order valence-electron chi connectivity index (χ1n) is 7.51. The number of nitrogens with zero attached hydrogens (tertiary/aromatic N) is 2. The number of hydrogen-bond acceptors (Lipinski definition) is 4. The van der Waals surface area contributed by atoms with Gasteiger partial charge in [0.15, 0.2) is 5.17 Å². The summed E-state index contributed by atoms with van der Waals surface area (Å²) in [5, 5.41) is 11.3. The van der Waals surface area contributed by atoms with Crippen LogP contribution in [0.15, 0.2) is 64.8 Å². The zero-order valence-corrected chi connectivity index (χ0v) is 13.9. The van der Waals surface area contributed by atoms with Gasteiger partial charge in [0, 0.05) is 0 Å². The Labute approximate surface area is 143 Å². The Kier molecular flexibility index (Phi) is 5.05. The average molecular weight is 341 g/mol. The fourth-order valence-electron chi connectivity index (χ4n) is 2.28. The van der Waals surface area contributed by atoms with Crippen molar-refractivity contribution < 1.29 is 9.18 Å². The minimum atomic E-state index is -0.291. The van der Waals surface area contributed by atoms with Crippen molar-refractivity contribution in [3.05, 3.63) is 71.5 Å². The standard InChI is InChI=1S/C18H16FN3OS/c1-12(14-7-9-15(19)10-8-14)21-22-18-20-17(23)16(24-18)11-13-5-3-2-4-6-13/h2-10,16H,11H2,1H3,(H,20,22,23)/b21-12-/t16-/m1/s1. The molecule has 0 unspecified atom stereocenters. The molecule has 0 spiro atoms. The van der Waals surface area contributed by atoms with Crippen LogP contribution in [0.3, 0.4) is 0 Å². The number of nitrogens with one attached hydrogen (secondary N) is 1. The highest BCUT2D eigenvalue weighted by Gasteiger charge is 2.30. The van der Waals surface area contributed by atoms with E-state index in [-0.39, 0.29) is 17.0 Å². The van der Waals surface area contributed by atoms with Crippen molar-refractivity contribution in [2.24, 2.45) is 10.2 Å². The first kappa shape index (κ1) is 16.4. The van der Waals surface area contributed by atoms with Gasteiger partial charge in [0.1, 0.15) is 5.82 Å². The Morgan fingerprint density at radius 2 is 1.88 bits per heavy atom. The predicted octanol–water partition coefficient (Wildman–Crippen LogP) is 3.38. The molecule has 1 fully saturated rings. The van der Waals surface area contributed by atoms with Gasteiger partial charge in [-0.3, -0.25) is 4.79 Å². The highest BCUT2D eigenvalue weighted by atomic mass is 32.2. The highest BCUT2D eigenvalue weighted by molar-refractivity contribution is 8.15. The van der Waals surface area contributed by atoms with Gasteiger partial charge in [0.2, 0.25) is 5.91 Å². The van der Waals surface area contributed by atoms with Crippen LogP contribution in [0.4, 0.5) is 4.39 Å². The van der Waals surface area contributed by atoms with Crippen LogP contribution in [0.5, 0.6) is 0 Å². The number of carbonyl (C=O) groups is 1. The molecule has 1 saturated heterocycles. The van der Waals surface area contributed by atoms with E-state index < -0.39 is 0 Å². The third kappa shape index (κ3) is 4.08. The van der Waals surface area contributed by atoms with Crippen LogP contribution >= 0.6 is 11.8 Å². The van der Waals surface area contributed by atoms with Crippen molar-refractivity contribution in [1.82, 2.24) is 5.32 Å². The van der Waals surface area contributed by atoms with Gasteiger partial charge in [-0.15, -0.1) is 5.10 Å². The van der Waals surface area contributed by atoms with Crippen molar-refractivity contribution in [1.29, 1.82) is 0 Å². The average Bonchev–Trinajstić information content (AvgIpc) is 2.94. The van der Waals surface area contributed by atoms with Gasteiger partial charge in [-0.05, 0) is 36.6 Å². The van der Waals surface area contributed by atoms with E-state index >= 15 is 0 Å². The molecule has 2 aromatic carbocycles. The van der Waals surface area contributed by atoms with E-state index in [9.17, 15) is 9.18 Å². The van der Waals surface area contributed by atoms with Gasteiger partial charge < -0.3 is 5.32 Å². The summed E-state index contributed by atoms with van der Waals surface area (Å²) in [6, 6.07) is 15.9. The van der Waals surface area contributed by atoms with Crippen LogP contribution < -0.4 is 5.32 Å². The number of rotatable bonds is 4. The van der Waals surface area contributed by atoms with Crippen LogP contribution in [-0.4, -0.2) is 22.0 Å². The lowest BCUT2D eigenvalue weighted by atomic mass is 10.1. The molecule has 0 aliphatic carbocycles. The van der Waals surface area contributed by atoms with Crippen LogP contribution in [-0.2, 0) is 11.2 Å². The summed E-state index contributed by atoms with van der Waals surface area (Å²) in [6.45, 7) is 1.79. The minimum Gasteiger partial charge on any atom is -0.303 e. The summed E-state index contributed by atoms with van der Waals surface area (Å²) >= 11 is 1.38. The lowest BCUT2D eigenvalue weighted by Crippen LogP contribution is -2.25. The van der Waals surface area contributed by atoms with Gasteiger partial charge in [-0.1, -0.05) is 54.2 Å². The molecule has 0 aromatic heterocycles. The third-order valence-electron chi connectivity index (χ3n) is 3.59. The lowest BCUT2D eigenvalue weighted by Gasteiger charge is -2.04. The maximum atomic E-state index is 12.9. The molecule has 1 N–H and O–H groups in total. The van der Waals surface area contributed by atoms with E-state index in [1.54, 1.807) is 19.1 Å². The second kappa shape index (κ2) is 7.40. The Hall–Kier alpha value is -2.47. The Morgan fingerprint density at radius 3 is 2.58 bits per heavy atom. The van der Waals surface area contributed by atoms with E-state index in [0.29, 0.717) is 17.3 Å². The van der Waals surface area contributed by atoms with Gasteiger partial charge in [0.05, 0.1) is 11.0 Å². The van der Waals surface area contributed by atoms with Crippen molar-refractivity contribution in [3.63, 3.8) is 0 Å². The van der Waals surface area contributed by atoms with E-state index in [1.165, 1.54) is 23.9 Å². The molecule has 2 aromatic rings. The highest BCUT2D eigenvalue weighted by Crippen LogP contribution is 2.23. The Morgan fingerprint density at radius 1 is 1.17 bits per heavy atom. The molecule has 1 aliphatic heterocycles. The SMILES string of the molecule is C/C(=N/N=C1\NC(=O)[C@@H](Cc2ccccc2)S1)c1ccc(F)cc1. The summed E-state index contributed by atoms with van der Waals surface area (Å²) in [7, 11) is 0. The summed E-state index contributed by atoms with van der Waals surface area (Å²) in [5.41, 5.74) is 2.55. The zero-order chi connectivity index (χ0) is 16.9. The topological polar surface area (TPSA) is 53.8 Å². The minimum absolute atomic E-state index is 0.0581. The Balaban J connectivity index is 1.67. The monoisotopic (exact) mass is 341 g/mol. The van der Waals surface area contributed by atoms with Crippen LogP contribution in [0, 0.1) is 5.82 Å². The van der Waals surface area contributed by atoms with Crippen LogP contribution in [0.25, 0.3) is 0 Å². The van der Waals surface area contributed by atoms with Gasteiger partial charge >= 0.3 is 0 Å². The number of halogens is 1. The molecule has 1 atom stereocenters. The molecule has 6 heteroatoms. The molecule has 1 amide bonds. The van der Waals surface area contributed by atoms with E-state index in [1.807, 2.05) is 30.3 Å². The van der Waals surface area contributed by atoms with Crippen molar-refractivity contribution in [2.45, 2.75) is 18.6 Å². The van der Waals surface area contributed by atoms with Crippen LogP contribution in [0.2, 0.25) is 0 Å². The molecule has 1 aliphatic rings. The quantitative estimate of drug-likeness (QED) is 0.685. The molecular weight excluding hydrogens is 325 g/mol. The summed E-state index contributed by atoms with van der Waals surface area (Å²) < 4.78 is 12.9. The number of hydrogen-bond donors (Lipinski definition) is 1. The zero-order valence-electron chi connectivity index (χ0n) is 13.1. The number of carbonyl (C=O) groups excluding carboxylic acids is 1. The summed E-state index contributed by atoms with van der Waals surface area (Å²) in [5.74, 6) is -0.350. The van der Waals surface area contributed by atoms with Gasteiger partial charge in [0.25, 0.3) is 0 Å². The first-order chi connectivity index (χ1) is 11.6. The molecule has 24 heavy (non-hydrogen) atoms. The van der Waals surface area contributed by atoms with Crippen molar-refractivity contribution in [3.8, 4) is 0 Å². The second-order valence-electron chi connectivity index (χ2n) is 5.38. The number of amidine groups is 1. The molecular formula is C18H16FN3OS. The smallest absolute Gasteiger partial charge is 0.239 e. The largest absolute Gasteiger partial charge is 0.303 e. The lowest BCUT2D eigenvalue weighted by molar-refractivity contribution is -0.118. The fraction of sp³-hybridized carbons (Fsp3) is 0.167. The first-order valence-corrected chi connectivity index (χ1v) is 8.39. The number of thioether (sulfide) groups is 1. The van der Waals surface area contributed by atoms with Crippen molar-refractivity contribution in [2.75, 3.05) is 0 Å². The molecule has 1 heterocycles. The maximum absolute atomic E-state index is 12.9. The van der Waals surface area contributed by atoms with E-state index in [2.05, 4.69) is 15.5 Å². The normalized spacial score (nSPS) is 19.6. The molecule has 0 radical (unpaired) electrons. The number of amides is 1. The Bertz CT molecular complexity index is 788. The summed E-state index contributed by atoms with van der Waals surface area (Å²) in [6.07, 6.45) is 0.650. The van der Waals surface area contributed by atoms with Gasteiger partial charge in [-0.2, -0.15) is 5.10 Å². The predicted molar refractivity (Wildman–Crippen MR) is 95.7 cm³/mol. The third-order valence-corrected chi connectivity index (χ3v) is 4.67.